The molecule has 0 spiro atoms. The molecule has 0 atom stereocenters. The molecule has 6 heteroatoms. The van der Waals surface area contributed by atoms with Gasteiger partial charge in [0.05, 0.1) is 29.6 Å². The van der Waals surface area contributed by atoms with Crippen LogP contribution >= 0.6 is 0 Å². The third-order valence-electron chi connectivity index (χ3n) is 4.92. The van der Waals surface area contributed by atoms with Crippen LogP contribution < -0.4 is 5.46 Å². The second-order valence-corrected chi connectivity index (χ2v) is 7.10. The minimum atomic E-state index is -0.591. The Hall–Kier alpha value is -2.18. The second-order valence-electron chi connectivity index (χ2n) is 7.10. The van der Waals surface area contributed by atoms with E-state index in [1.54, 1.807) is 18.3 Å². The number of carbonyl (C=O) groups is 1. The van der Waals surface area contributed by atoms with Crippen LogP contribution in [0.3, 0.4) is 0 Å². The Morgan fingerprint density at radius 3 is 2.32 bits per heavy atom. The van der Waals surface area contributed by atoms with E-state index in [4.69, 9.17) is 14.0 Å². The Morgan fingerprint density at radius 2 is 1.76 bits per heavy atom. The van der Waals surface area contributed by atoms with Gasteiger partial charge in [-0.2, -0.15) is 0 Å². The molecule has 0 amide bonds. The van der Waals surface area contributed by atoms with E-state index in [-0.39, 0.29) is 0 Å². The fourth-order valence-corrected chi connectivity index (χ4v) is 2.73. The standard InChI is InChI=1S/C19H22BNO4/c1-18(2)19(3,4)25-20(24-18)15-12-13(17(22)23-5)9-10-14(15)16-8-6-7-11-21-16/h6-12H,1-5H3. The summed E-state index contributed by atoms with van der Waals surface area (Å²) in [5, 5.41) is 0. The average molecular weight is 339 g/mol. The van der Waals surface area contributed by atoms with Crippen LogP contribution in [-0.4, -0.2) is 36.4 Å². The SMILES string of the molecule is COC(=O)c1ccc(-c2ccccn2)c(B2OC(C)(C)C(C)(C)O2)c1. The first-order chi connectivity index (χ1) is 11.7. The molecular weight excluding hydrogens is 317 g/mol. The van der Waals surface area contributed by atoms with E-state index in [0.717, 1.165) is 16.7 Å². The summed E-state index contributed by atoms with van der Waals surface area (Å²) in [6.07, 6.45) is 1.73. The zero-order valence-corrected chi connectivity index (χ0v) is 15.2. The number of methoxy groups -OCH3 is 1. The summed E-state index contributed by atoms with van der Waals surface area (Å²) >= 11 is 0. The number of hydrogen-bond acceptors (Lipinski definition) is 5. The Balaban J connectivity index is 2.11. The molecule has 0 N–H and O–H groups in total. The van der Waals surface area contributed by atoms with Gasteiger partial charge in [0.2, 0.25) is 0 Å². The lowest BCUT2D eigenvalue weighted by molar-refractivity contribution is 0.00578. The molecular formula is C19H22BNO4. The monoisotopic (exact) mass is 339 g/mol. The molecule has 1 aromatic heterocycles. The molecule has 25 heavy (non-hydrogen) atoms. The first-order valence-corrected chi connectivity index (χ1v) is 8.24. The van der Waals surface area contributed by atoms with Gasteiger partial charge >= 0.3 is 13.1 Å². The van der Waals surface area contributed by atoms with E-state index in [0.29, 0.717) is 5.56 Å². The van der Waals surface area contributed by atoms with Crippen LogP contribution in [0.4, 0.5) is 0 Å². The maximum absolute atomic E-state index is 12.0. The number of rotatable bonds is 3. The number of hydrogen-bond donors (Lipinski definition) is 0. The van der Waals surface area contributed by atoms with E-state index in [1.165, 1.54) is 7.11 Å². The lowest BCUT2D eigenvalue weighted by Gasteiger charge is -2.32. The van der Waals surface area contributed by atoms with Crippen molar-refractivity contribution in [2.24, 2.45) is 0 Å². The number of nitrogens with zero attached hydrogens (tertiary/aromatic N) is 1. The summed E-state index contributed by atoms with van der Waals surface area (Å²) in [4.78, 5) is 16.4. The van der Waals surface area contributed by atoms with Gasteiger partial charge < -0.3 is 14.0 Å². The lowest BCUT2D eigenvalue weighted by atomic mass is 9.74. The number of benzene rings is 1. The zero-order chi connectivity index (χ0) is 18.2. The molecule has 2 heterocycles. The summed E-state index contributed by atoms with van der Waals surface area (Å²) in [5.41, 5.74) is 1.93. The molecule has 0 aliphatic carbocycles. The van der Waals surface area contributed by atoms with Crippen molar-refractivity contribution in [1.82, 2.24) is 4.98 Å². The van der Waals surface area contributed by atoms with Crippen molar-refractivity contribution in [3.63, 3.8) is 0 Å². The summed E-state index contributed by atoms with van der Waals surface area (Å²) in [7, 11) is 0.773. The van der Waals surface area contributed by atoms with Crippen molar-refractivity contribution < 1.29 is 18.8 Å². The summed E-state index contributed by atoms with van der Waals surface area (Å²) < 4.78 is 17.2. The van der Waals surface area contributed by atoms with Gasteiger partial charge in [-0.25, -0.2) is 4.79 Å². The highest BCUT2D eigenvalue weighted by Gasteiger charge is 2.52. The Labute approximate surface area is 148 Å². The van der Waals surface area contributed by atoms with Crippen LogP contribution in [0.15, 0.2) is 42.6 Å². The maximum Gasteiger partial charge on any atom is 0.495 e. The number of aromatic nitrogens is 1. The third kappa shape index (κ3) is 3.19. The molecule has 0 radical (unpaired) electrons. The first kappa shape index (κ1) is 17.6. The van der Waals surface area contributed by atoms with Crippen LogP contribution in [0.5, 0.6) is 0 Å². The Kier molecular flexibility index (Phi) is 4.43. The summed E-state index contributed by atoms with van der Waals surface area (Å²) in [5.74, 6) is -0.398. The van der Waals surface area contributed by atoms with Gasteiger partial charge in [0, 0.05) is 6.20 Å². The van der Waals surface area contributed by atoms with Crippen LogP contribution in [0, 0.1) is 0 Å². The predicted octanol–water partition coefficient (Wildman–Crippen LogP) is 2.83. The Morgan fingerprint density at radius 1 is 1.08 bits per heavy atom. The van der Waals surface area contributed by atoms with Crippen molar-refractivity contribution in [3.8, 4) is 11.3 Å². The molecule has 1 fully saturated rings. The minimum Gasteiger partial charge on any atom is -0.465 e. The molecule has 2 aromatic rings. The quantitative estimate of drug-likeness (QED) is 0.636. The normalized spacial score (nSPS) is 18.2. The lowest BCUT2D eigenvalue weighted by Crippen LogP contribution is -2.41. The van der Waals surface area contributed by atoms with Gasteiger partial charge in [0.1, 0.15) is 0 Å². The van der Waals surface area contributed by atoms with Gasteiger partial charge in [-0.1, -0.05) is 12.1 Å². The van der Waals surface area contributed by atoms with Gasteiger partial charge in [0.25, 0.3) is 0 Å². The number of carbonyl (C=O) groups excluding carboxylic acids is 1. The highest BCUT2D eigenvalue weighted by molar-refractivity contribution is 6.64. The summed E-state index contributed by atoms with van der Waals surface area (Å²) in [6.45, 7) is 7.99. The zero-order valence-electron chi connectivity index (χ0n) is 15.2. The van der Waals surface area contributed by atoms with Crippen LogP contribution in [0.2, 0.25) is 0 Å². The molecule has 0 unspecified atom stereocenters. The average Bonchev–Trinajstić information content (AvgIpc) is 2.82. The molecule has 0 bridgehead atoms. The number of pyridine rings is 1. The van der Waals surface area contributed by atoms with Crippen LogP contribution in [0.1, 0.15) is 38.1 Å². The molecule has 1 saturated heterocycles. The molecule has 5 nitrogen and oxygen atoms in total. The van der Waals surface area contributed by atoms with Crippen LogP contribution in [-0.2, 0) is 14.0 Å². The van der Waals surface area contributed by atoms with Gasteiger partial charge in [-0.05, 0) is 63.0 Å². The smallest absolute Gasteiger partial charge is 0.465 e. The first-order valence-electron chi connectivity index (χ1n) is 8.24. The van der Waals surface area contributed by atoms with Crippen LogP contribution in [0.25, 0.3) is 11.3 Å². The second kappa shape index (κ2) is 6.28. The Bertz CT molecular complexity index is 773. The van der Waals surface area contributed by atoms with Crippen molar-refractivity contribution in [2.75, 3.05) is 7.11 Å². The third-order valence-corrected chi connectivity index (χ3v) is 4.92. The van der Waals surface area contributed by atoms with Crippen molar-refractivity contribution in [1.29, 1.82) is 0 Å². The van der Waals surface area contributed by atoms with Gasteiger partial charge in [-0.15, -0.1) is 0 Å². The van der Waals surface area contributed by atoms with Gasteiger partial charge in [-0.3, -0.25) is 4.98 Å². The van der Waals surface area contributed by atoms with Crippen molar-refractivity contribution in [3.05, 3.63) is 48.2 Å². The van der Waals surface area contributed by atoms with E-state index in [2.05, 4.69) is 4.98 Å². The van der Waals surface area contributed by atoms with E-state index in [9.17, 15) is 4.79 Å². The van der Waals surface area contributed by atoms with E-state index >= 15 is 0 Å². The fourth-order valence-electron chi connectivity index (χ4n) is 2.73. The molecule has 1 aliphatic heterocycles. The highest BCUT2D eigenvalue weighted by atomic mass is 16.7. The maximum atomic E-state index is 12.0. The van der Waals surface area contributed by atoms with Gasteiger partial charge in [0.15, 0.2) is 0 Å². The number of esters is 1. The van der Waals surface area contributed by atoms with Crippen molar-refractivity contribution >= 4 is 18.6 Å². The topological polar surface area (TPSA) is 57.7 Å². The van der Waals surface area contributed by atoms with Crippen molar-refractivity contribution in [2.45, 2.75) is 38.9 Å². The van der Waals surface area contributed by atoms with E-state index < -0.39 is 24.3 Å². The molecule has 1 aliphatic rings. The largest absolute Gasteiger partial charge is 0.495 e. The highest BCUT2D eigenvalue weighted by Crippen LogP contribution is 2.37. The van der Waals surface area contributed by atoms with E-state index in [1.807, 2.05) is 52.0 Å². The molecule has 0 saturated carbocycles. The number of ether oxygens (including phenoxy) is 1. The minimum absolute atomic E-state index is 0.398. The molecule has 1 aromatic carbocycles. The summed E-state index contributed by atoms with van der Waals surface area (Å²) in [6, 6.07) is 11.0. The fraction of sp³-hybridized carbons (Fsp3) is 0.368. The molecule has 130 valence electrons. The molecule has 3 rings (SSSR count). The predicted molar refractivity (Wildman–Crippen MR) is 96.7 cm³/mol.